The number of hydrogen-bond donors (Lipinski definition) is 1. The largest absolute Gasteiger partial charge is 0.356 e. The quantitative estimate of drug-likeness (QED) is 0.605. The van der Waals surface area contributed by atoms with E-state index in [0.29, 0.717) is 25.6 Å². The maximum atomic E-state index is 13.1. The Balaban J connectivity index is 1.28. The van der Waals surface area contributed by atoms with Gasteiger partial charge in [-0.15, -0.1) is 5.10 Å². The van der Waals surface area contributed by atoms with Crippen LogP contribution in [0.3, 0.4) is 0 Å². The normalized spacial score (nSPS) is 19.7. The van der Waals surface area contributed by atoms with Gasteiger partial charge in [0.1, 0.15) is 11.4 Å². The minimum absolute atomic E-state index is 0.188. The lowest BCUT2D eigenvalue weighted by atomic mass is 9.83. The SMILES string of the molecule is O=C(NCCCn1ccnn1)c1ccc2n(c1=O)C[C@H]1C[C@@H]2CN(c2ccccn2)C1. The number of aryl methyl sites for hydroxylation is 1. The first-order chi connectivity index (χ1) is 15.2. The van der Waals surface area contributed by atoms with E-state index in [1.807, 2.05) is 35.0 Å². The number of nitrogens with one attached hydrogen (secondary N) is 1. The second-order valence-corrected chi connectivity index (χ2v) is 8.25. The molecule has 5 rings (SSSR count). The number of carbonyl (C=O) groups excluding carboxylic acids is 1. The second-order valence-electron chi connectivity index (χ2n) is 8.25. The molecule has 0 saturated carbocycles. The van der Waals surface area contributed by atoms with Gasteiger partial charge in [-0.3, -0.25) is 14.3 Å². The Morgan fingerprint density at radius 1 is 1.13 bits per heavy atom. The summed E-state index contributed by atoms with van der Waals surface area (Å²) in [4.78, 5) is 32.5. The monoisotopic (exact) mass is 419 g/mol. The number of fused-ring (bicyclic) bond motifs is 4. The number of rotatable bonds is 6. The molecule has 2 atom stereocenters. The molecule has 2 aliphatic heterocycles. The van der Waals surface area contributed by atoms with Crippen molar-refractivity contribution >= 4 is 11.7 Å². The fourth-order valence-corrected chi connectivity index (χ4v) is 4.74. The fourth-order valence-electron chi connectivity index (χ4n) is 4.74. The number of nitrogens with zero attached hydrogens (tertiary/aromatic N) is 6. The fraction of sp³-hybridized carbons (Fsp3) is 0.409. The highest BCUT2D eigenvalue weighted by Gasteiger charge is 2.35. The average Bonchev–Trinajstić information content (AvgIpc) is 3.31. The molecular weight excluding hydrogens is 394 g/mol. The Hall–Kier alpha value is -3.49. The molecule has 0 unspecified atom stereocenters. The number of aromatic nitrogens is 5. The minimum atomic E-state index is -0.315. The van der Waals surface area contributed by atoms with Crippen LogP contribution >= 0.6 is 0 Å². The van der Waals surface area contributed by atoms with Gasteiger partial charge in [0, 0.05) is 56.7 Å². The molecule has 160 valence electrons. The van der Waals surface area contributed by atoms with Gasteiger partial charge in [0.05, 0.1) is 6.20 Å². The zero-order valence-corrected chi connectivity index (χ0v) is 17.2. The van der Waals surface area contributed by atoms with E-state index < -0.39 is 0 Å². The number of amides is 1. The summed E-state index contributed by atoms with van der Waals surface area (Å²) >= 11 is 0. The van der Waals surface area contributed by atoms with Crippen LogP contribution < -0.4 is 15.8 Å². The first-order valence-corrected chi connectivity index (χ1v) is 10.7. The van der Waals surface area contributed by atoms with Crippen molar-refractivity contribution in [2.75, 3.05) is 24.5 Å². The molecule has 3 aromatic heterocycles. The van der Waals surface area contributed by atoms with Crippen LogP contribution in [-0.4, -0.2) is 50.1 Å². The molecule has 2 bridgehead atoms. The molecule has 0 radical (unpaired) electrons. The molecule has 0 aliphatic carbocycles. The van der Waals surface area contributed by atoms with Crippen molar-refractivity contribution in [1.82, 2.24) is 29.9 Å². The highest BCUT2D eigenvalue weighted by molar-refractivity contribution is 5.93. The third-order valence-corrected chi connectivity index (χ3v) is 6.14. The van der Waals surface area contributed by atoms with Crippen LogP contribution in [0.4, 0.5) is 5.82 Å². The van der Waals surface area contributed by atoms with E-state index in [4.69, 9.17) is 0 Å². The number of anilines is 1. The first kappa shape index (κ1) is 19.5. The summed E-state index contributed by atoms with van der Waals surface area (Å²) in [5.74, 6) is 1.30. The molecule has 2 aliphatic rings. The van der Waals surface area contributed by atoms with Crippen LogP contribution in [0.5, 0.6) is 0 Å². The lowest BCUT2D eigenvalue weighted by Crippen LogP contribution is -2.48. The zero-order chi connectivity index (χ0) is 21.2. The maximum absolute atomic E-state index is 13.1. The molecule has 1 amide bonds. The summed E-state index contributed by atoms with van der Waals surface area (Å²) in [5, 5.41) is 10.5. The molecule has 9 heteroatoms. The van der Waals surface area contributed by atoms with E-state index >= 15 is 0 Å². The Labute approximate surface area is 179 Å². The number of hydrogen-bond acceptors (Lipinski definition) is 6. The second kappa shape index (κ2) is 8.33. The Morgan fingerprint density at radius 3 is 2.87 bits per heavy atom. The molecule has 1 N–H and O–H groups in total. The number of piperidine rings is 1. The molecule has 0 aromatic carbocycles. The van der Waals surface area contributed by atoms with Gasteiger partial charge in [-0.05, 0) is 43.0 Å². The predicted octanol–water partition coefficient (Wildman–Crippen LogP) is 1.28. The van der Waals surface area contributed by atoms with Gasteiger partial charge in [-0.25, -0.2) is 4.98 Å². The van der Waals surface area contributed by atoms with Crippen molar-refractivity contribution in [1.29, 1.82) is 0 Å². The smallest absolute Gasteiger partial charge is 0.263 e. The summed E-state index contributed by atoms with van der Waals surface area (Å²) in [5.41, 5.74) is 1.04. The highest BCUT2D eigenvalue weighted by atomic mass is 16.2. The van der Waals surface area contributed by atoms with E-state index in [-0.39, 0.29) is 22.9 Å². The van der Waals surface area contributed by atoms with Gasteiger partial charge < -0.3 is 14.8 Å². The summed E-state index contributed by atoms with van der Waals surface area (Å²) < 4.78 is 3.53. The van der Waals surface area contributed by atoms with Crippen molar-refractivity contribution in [2.45, 2.75) is 31.8 Å². The van der Waals surface area contributed by atoms with Crippen molar-refractivity contribution in [3.63, 3.8) is 0 Å². The molecule has 1 fully saturated rings. The molecular formula is C22H25N7O2. The van der Waals surface area contributed by atoms with Crippen LogP contribution in [0.1, 0.15) is 34.8 Å². The van der Waals surface area contributed by atoms with Gasteiger partial charge in [0.2, 0.25) is 0 Å². The standard InChI is InChI=1S/C22H25N7O2/c30-21(24-8-3-10-28-11-9-25-26-28)18-5-6-19-17-12-16(14-29(19)22(18)31)13-27(15-17)20-4-1-2-7-23-20/h1-2,4-7,9,11,16-17H,3,8,10,12-15H2,(H,24,30)/t16-,17+/m0/s1. The Bertz CT molecular complexity index is 1110. The van der Waals surface area contributed by atoms with Crippen LogP contribution in [-0.2, 0) is 13.1 Å². The van der Waals surface area contributed by atoms with E-state index in [2.05, 4.69) is 25.5 Å². The van der Waals surface area contributed by atoms with Crippen molar-refractivity contribution < 1.29 is 4.79 Å². The Morgan fingerprint density at radius 2 is 2.06 bits per heavy atom. The van der Waals surface area contributed by atoms with E-state index in [1.54, 1.807) is 23.1 Å². The molecule has 31 heavy (non-hydrogen) atoms. The van der Waals surface area contributed by atoms with Crippen molar-refractivity contribution in [3.05, 3.63) is 70.5 Å². The summed E-state index contributed by atoms with van der Waals surface area (Å²) in [7, 11) is 0. The van der Waals surface area contributed by atoms with E-state index in [1.165, 1.54) is 0 Å². The minimum Gasteiger partial charge on any atom is -0.356 e. The molecule has 5 heterocycles. The molecule has 3 aromatic rings. The van der Waals surface area contributed by atoms with Crippen LogP contribution in [0.15, 0.2) is 53.7 Å². The lowest BCUT2D eigenvalue weighted by molar-refractivity contribution is 0.0949. The zero-order valence-electron chi connectivity index (χ0n) is 17.2. The topological polar surface area (TPSA) is 97.9 Å². The lowest BCUT2D eigenvalue weighted by Gasteiger charge is -2.43. The summed E-state index contributed by atoms with van der Waals surface area (Å²) in [6.45, 7) is 3.49. The van der Waals surface area contributed by atoms with E-state index in [0.717, 1.165) is 37.4 Å². The van der Waals surface area contributed by atoms with Crippen molar-refractivity contribution in [3.8, 4) is 0 Å². The van der Waals surface area contributed by atoms with Crippen LogP contribution in [0.2, 0.25) is 0 Å². The van der Waals surface area contributed by atoms with Gasteiger partial charge >= 0.3 is 0 Å². The number of pyridine rings is 2. The third-order valence-electron chi connectivity index (χ3n) is 6.14. The van der Waals surface area contributed by atoms with Gasteiger partial charge in [-0.2, -0.15) is 0 Å². The summed E-state index contributed by atoms with van der Waals surface area (Å²) in [6, 6.07) is 9.59. The molecule has 0 spiro atoms. The van der Waals surface area contributed by atoms with Gasteiger partial charge in [0.15, 0.2) is 0 Å². The van der Waals surface area contributed by atoms with E-state index in [9.17, 15) is 9.59 Å². The van der Waals surface area contributed by atoms with Gasteiger partial charge in [-0.1, -0.05) is 11.3 Å². The first-order valence-electron chi connectivity index (χ1n) is 10.7. The Kier molecular flexibility index (Phi) is 5.23. The summed E-state index contributed by atoms with van der Waals surface area (Å²) in [6.07, 6.45) is 7.00. The van der Waals surface area contributed by atoms with Crippen LogP contribution in [0.25, 0.3) is 0 Å². The molecule has 9 nitrogen and oxygen atoms in total. The average molecular weight is 419 g/mol. The molecule has 1 saturated heterocycles. The van der Waals surface area contributed by atoms with Gasteiger partial charge in [0.25, 0.3) is 11.5 Å². The highest BCUT2D eigenvalue weighted by Crippen LogP contribution is 2.36. The predicted molar refractivity (Wildman–Crippen MR) is 115 cm³/mol. The number of carbonyl (C=O) groups is 1. The maximum Gasteiger partial charge on any atom is 0.263 e. The van der Waals surface area contributed by atoms with Crippen molar-refractivity contribution in [2.24, 2.45) is 5.92 Å². The van der Waals surface area contributed by atoms with Crippen LogP contribution in [0, 0.1) is 5.92 Å². The third kappa shape index (κ3) is 3.95.